The number of fused-ring (bicyclic) bond motifs is 5. The minimum absolute atomic E-state index is 0. The van der Waals surface area contributed by atoms with E-state index in [0.717, 1.165) is 35.3 Å². The third-order valence-corrected chi connectivity index (χ3v) is 10.7. The fourth-order valence-corrected chi connectivity index (χ4v) is 7.30. The van der Waals surface area contributed by atoms with Crippen molar-refractivity contribution >= 4 is 33.1 Å². The summed E-state index contributed by atoms with van der Waals surface area (Å²) in [6.07, 6.45) is 4.37. The number of carbonyl (C=O) groups excluding carboxylic acids is 1. The van der Waals surface area contributed by atoms with E-state index in [4.69, 9.17) is 14.1 Å². The first-order valence-electron chi connectivity index (χ1n) is 16.5. The number of ether oxygens (including phenoxy) is 1. The quantitative estimate of drug-likeness (QED) is 0.203. The average molecular weight is 683 g/mol. The lowest BCUT2D eigenvalue weighted by Gasteiger charge is -2.33. The minimum Gasteiger partial charge on any atom is -0.475 e. The molecule has 1 aliphatic carbocycles. The molecule has 2 aliphatic rings. The van der Waals surface area contributed by atoms with Crippen LogP contribution in [0.2, 0.25) is 0 Å². The van der Waals surface area contributed by atoms with Crippen LogP contribution in [0.3, 0.4) is 0 Å². The minimum atomic E-state index is -4.18. The number of rotatable bonds is 5. The lowest BCUT2D eigenvalue weighted by atomic mass is 9.93. The summed E-state index contributed by atoms with van der Waals surface area (Å²) in [5.41, 5.74) is 4.99. The summed E-state index contributed by atoms with van der Waals surface area (Å²) < 4.78 is 42.3. The molecule has 1 atom stereocenters. The molecule has 0 unspecified atom stereocenters. The van der Waals surface area contributed by atoms with E-state index in [-0.39, 0.29) is 53.6 Å². The molecule has 0 radical (unpaired) electrons. The summed E-state index contributed by atoms with van der Waals surface area (Å²) in [6.45, 7) is 12.6. The first-order chi connectivity index (χ1) is 23.2. The Labute approximate surface area is 287 Å². The Bertz CT molecular complexity index is 2190. The molecule has 1 N–H and O–H groups in total. The first-order valence-corrected chi connectivity index (χ1v) is 17.9. The van der Waals surface area contributed by atoms with E-state index in [0.29, 0.717) is 29.0 Å². The summed E-state index contributed by atoms with van der Waals surface area (Å²) in [5.74, 6) is 0.505. The third-order valence-electron chi connectivity index (χ3n) is 9.37. The van der Waals surface area contributed by atoms with Gasteiger partial charge in [-0.25, -0.2) is 28.1 Å². The molecule has 5 aromatic rings. The molecule has 1 fully saturated rings. The average Bonchev–Trinajstić information content (AvgIpc) is 3.60. The van der Waals surface area contributed by atoms with Gasteiger partial charge in [0.2, 0.25) is 17.5 Å². The maximum absolute atomic E-state index is 14.5. The standard InChI is InChI=1S/C37H40N6O5S.H2/c1-22-9-7-10-23(2)32(22)28-17-31-41-35(40-28)42-49(45,46)27-12-8-11-24(15-27)34(44)43(26(21-47-31)18-37(6)13-14-37)20-25-19-38-33-29(39-25)16-30(48-33)36(3,4)5;/h7-12,15-17,19,26H,13-14,18,20-21H2,1-6H3,(H,40,41,42);1H/t26-;/m1./s1. The Balaban J connectivity index is 0.00000432. The zero-order valence-corrected chi connectivity index (χ0v) is 29.4. The van der Waals surface area contributed by atoms with E-state index in [1.807, 2.05) is 38.1 Å². The molecule has 4 bridgehead atoms. The number of aryl methyl sites for hydroxylation is 2. The fourth-order valence-electron chi connectivity index (χ4n) is 6.31. The molecular weight excluding hydrogens is 641 g/mol. The maximum Gasteiger partial charge on any atom is 0.264 e. The fraction of sp³-hybridized carbons (Fsp3) is 0.378. The molecule has 49 heavy (non-hydrogen) atoms. The smallest absolute Gasteiger partial charge is 0.264 e. The van der Waals surface area contributed by atoms with Gasteiger partial charge in [-0.05, 0) is 67.9 Å². The Morgan fingerprint density at radius 1 is 1.02 bits per heavy atom. The van der Waals surface area contributed by atoms with Gasteiger partial charge >= 0.3 is 0 Å². The summed E-state index contributed by atoms with van der Waals surface area (Å²) >= 11 is 0. The van der Waals surface area contributed by atoms with E-state index in [1.54, 1.807) is 29.3 Å². The predicted octanol–water partition coefficient (Wildman–Crippen LogP) is 7.23. The number of nitrogens with one attached hydrogen (secondary N) is 1. The number of amides is 1. The topological polar surface area (TPSA) is 140 Å². The van der Waals surface area contributed by atoms with Crippen LogP contribution in [0.5, 0.6) is 5.88 Å². The predicted molar refractivity (Wildman–Crippen MR) is 188 cm³/mol. The van der Waals surface area contributed by atoms with Crippen molar-refractivity contribution in [3.63, 3.8) is 0 Å². The summed E-state index contributed by atoms with van der Waals surface area (Å²) in [7, 11) is -4.18. The normalized spacial score (nSPS) is 18.5. The van der Waals surface area contributed by atoms with Crippen molar-refractivity contribution in [1.82, 2.24) is 24.8 Å². The summed E-state index contributed by atoms with van der Waals surface area (Å²) in [5, 5.41) is 0. The van der Waals surface area contributed by atoms with Crippen LogP contribution < -0.4 is 9.46 Å². The second-order valence-electron chi connectivity index (χ2n) is 14.6. The number of furan rings is 1. The molecule has 11 nitrogen and oxygen atoms in total. The highest BCUT2D eigenvalue weighted by atomic mass is 32.2. The van der Waals surface area contributed by atoms with Crippen molar-refractivity contribution in [2.24, 2.45) is 5.41 Å². The van der Waals surface area contributed by atoms with Gasteiger partial charge in [0.05, 0.1) is 35.1 Å². The van der Waals surface area contributed by atoms with Crippen molar-refractivity contribution < 1.29 is 23.8 Å². The van der Waals surface area contributed by atoms with Gasteiger partial charge in [0.15, 0.2) is 0 Å². The van der Waals surface area contributed by atoms with E-state index < -0.39 is 16.1 Å². The highest BCUT2D eigenvalue weighted by Gasteiger charge is 2.42. The Hall–Kier alpha value is -4.84. The summed E-state index contributed by atoms with van der Waals surface area (Å²) in [6, 6.07) is 15.2. The van der Waals surface area contributed by atoms with Crippen LogP contribution in [0.1, 0.15) is 81.3 Å². The van der Waals surface area contributed by atoms with E-state index in [1.165, 1.54) is 12.1 Å². The molecule has 1 amide bonds. The molecule has 4 heterocycles. The van der Waals surface area contributed by atoms with Crippen molar-refractivity contribution in [1.29, 1.82) is 0 Å². The molecule has 1 aliphatic heterocycles. The van der Waals surface area contributed by atoms with E-state index in [2.05, 4.69) is 47.4 Å². The van der Waals surface area contributed by atoms with Crippen LogP contribution in [-0.2, 0) is 22.0 Å². The zero-order chi connectivity index (χ0) is 34.7. The van der Waals surface area contributed by atoms with Crippen LogP contribution in [0.15, 0.2) is 70.1 Å². The molecule has 256 valence electrons. The van der Waals surface area contributed by atoms with Crippen molar-refractivity contribution in [2.45, 2.75) is 83.7 Å². The van der Waals surface area contributed by atoms with Gasteiger partial charge in [-0.2, -0.15) is 4.98 Å². The lowest BCUT2D eigenvalue weighted by Crippen LogP contribution is -2.44. The molecule has 2 aromatic carbocycles. The number of anilines is 1. The Morgan fingerprint density at radius 2 is 1.76 bits per heavy atom. The second kappa shape index (κ2) is 11.9. The van der Waals surface area contributed by atoms with Gasteiger partial charge < -0.3 is 14.1 Å². The highest BCUT2D eigenvalue weighted by molar-refractivity contribution is 7.92. The van der Waals surface area contributed by atoms with Crippen molar-refractivity contribution in [3.8, 4) is 17.1 Å². The van der Waals surface area contributed by atoms with Crippen molar-refractivity contribution in [3.05, 3.63) is 88.9 Å². The monoisotopic (exact) mass is 682 g/mol. The molecule has 12 heteroatoms. The van der Waals surface area contributed by atoms with Gasteiger partial charge in [-0.1, -0.05) is 52.0 Å². The number of hydrogen-bond donors (Lipinski definition) is 1. The zero-order valence-electron chi connectivity index (χ0n) is 28.6. The lowest BCUT2D eigenvalue weighted by molar-refractivity contribution is 0.0537. The molecule has 3 aromatic heterocycles. The molecule has 7 rings (SSSR count). The van der Waals surface area contributed by atoms with Gasteiger partial charge in [-0.3, -0.25) is 4.79 Å². The molecule has 1 saturated carbocycles. The van der Waals surface area contributed by atoms with Crippen LogP contribution in [0.25, 0.3) is 22.5 Å². The van der Waals surface area contributed by atoms with Gasteiger partial charge in [0.25, 0.3) is 15.9 Å². The third kappa shape index (κ3) is 6.74. The summed E-state index contributed by atoms with van der Waals surface area (Å²) in [4.78, 5) is 34.7. The van der Waals surface area contributed by atoms with Crippen LogP contribution >= 0.6 is 0 Å². The van der Waals surface area contributed by atoms with E-state index in [9.17, 15) is 13.2 Å². The van der Waals surface area contributed by atoms with Crippen molar-refractivity contribution in [2.75, 3.05) is 11.3 Å². The number of nitrogens with zero attached hydrogens (tertiary/aromatic N) is 5. The Morgan fingerprint density at radius 3 is 2.47 bits per heavy atom. The molecular formula is C37H42N6O5S. The largest absolute Gasteiger partial charge is 0.475 e. The highest BCUT2D eigenvalue weighted by Crippen LogP contribution is 2.49. The van der Waals surface area contributed by atoms with Gasteiger partial charge in [0, 0.05) is 30.1 Å². The Kier molecular flexibility index (Phi) is 7.97. The maximum atomic E-state index is 14.5. The van der Waals surface area contributed by atoms with Gasteiger partial charge in [0.1, 0.15) is 17.9 Å². The van der Waals surface area contributed by atoms with Crippen LogP contribution in [0, 0.1) is 19.3 Å². The number of aromatic nitrogens is 4. The van der Waals surface area contributed by atoms with Crippen LogP contribution in [-0.4, -0.2) is 51.8 Å². The molecule has 0 spiro atoms. The SMILES string of the molecule is Cc1cccc(C)c1-c1cc2nc(n1)NS(=O)(=O)c1cccc(c1)C(=O)N(Cc1cnc3oc(C(C)(C)C)cc3n1)[C@H](CC1(C)CC1)CO2.[HH]. The molecule has 0 saturated heterocycles. The number of sulfonamides is 1. The number of benzene rings is 2. The second-order valence-corrected chi connectivity index (χ2v) is 16.3. The van der Waals surface area contributed by atoms with Gasteiger partial charge in [-0.15, -0.1) is 0 Å². The number of hydrogen-bond acceptors (Lipinski definition) is 9. The number of carbonyl (C=O) groups is 1. The van der Waals surface area contributed by atoms with Crippen LogP contribution in [0.4, 0.5) is 5.95 Å². The van der Waals surface area contributed by atoms with E-state index >= 15 is 0 Å². The first kappa shape index (κ1) is 32.7.